The summed E-state index contributed by atoms with van der Waals surface area (Å²) in [5, 5.41) is 11.0. The number of ether oxygens (including phenoxy) is 1. The summed E-state index contributed by atoms with van der Waals surface area (Å²) in [6, 6.07) is 15.3. The first-order chi connectivity index (χ1) is 15.6. The van der Waals surface area contributed by atoms with E-state index < -0.39 is 0 Å². The first-order valence-corrected chi connectivity index (χ1v) is 11.1. The molecule has 1 amide bonds. The van der Waals surface area contributed by atoms with E-state index in [-0.39, 0.29) is 11.6 Å². The summed E-state index contributed by atoms with van der Waals surface area (Å²) in [5.41, 5.74) is 4.68. The van der Waals surface area contributed by atoms with Crippen LogP contribution in [0.5, 0.6) is 5.75 Å². The minimum absolute atomic E-state index is 0.245. The molecule has 0 atom stereocenters. The number of nitrogens with zero attached hydrogens (tertiary/aromatic N) is 1. The number of nitrogens with one attached hydrogen (secondary N) is 2. The van der Waals surface area contributed by atoms with Crippen molar-refractivity contribution in [3.63, 3.8) is 0 Å². The van der Waals surface area contributed by atoms with Crippen LogP contribution in [-0.2, 0) is 6.42 Å². The van der Waals surface area contributed by atoms with Gasteiger partial charge >= 0.3 is 0 Å². The fourth-order valence-electron chi connectivity index (χ4n) is 3.73. The average molecular weight is 452 g/mol. The summed E-state index contributed by atoms with van der Waals surface area (Å²) in [7, 11) is 1.63. The highest BCUT2D eigenvalue weighted by atomic mass is 35.5. The highest BCUT2D eigenvalue weighted by molar-refractivity contribution is 6.30. The molecule has 0 spiro atoms. The van der Waals surface area contributed by atoms with Crippen LogP contribution in [0.15, 0.2) is 59.1 Å². The second-order valence-electron chi connectivity index (χ2n) is 7.70. The Hall–Kier alpha value is -3.25. The number of rotatable bonds is 7. The Morgan fingerprint density at radius 1 is 1.22 bits per heavy atom. The molecule has 0 unspecified atom stereocenters. The number of hydrogen-bond donors (Lipinski definition) is 2. The number of aromatic nitrogens is 1. The summed E-state index contributed by atoms with van der Waals surface area (Å²) >= 11 is 6.23. The maximum absolute atomic E-state index is 12.6. The Morgan fingerprint density at radius 3 is 2.88 bits per heavy atom. The molecule has 6 nitrogen and oxygen atoms in total. The molecule has 1 aliphatic rings. The largest absolute Gasteiger partial charge is 0.497 e. The molecule has 3 aromatic rings. The number of allylic oxidation sites excluding steroid dienone is 1. The minimum Gasteiger partial charge on any atom is -0.497 e. The molecule has 2 aromatic carbocycles. The van der Waals surface area contributed by atoms with Crippen LogP contribution in [0.2, 0.25) is 5.02 Å². The van der Waals surface area contributed by atoms with Gasteiger partial charge in [0.1, 0.15) is 11.5 Å². The predicted octanol–water partition coefficient (Wildman–Crippen LogP) is 5.34. The molecule has 166 valence electrons. The van der Waals surface area contributed by atoms with Crippen molar-refractivity contribution in [1.82, 2.24) is 10.5 Å². The van der Waals surface area contributed by atoms with E-state index in [1.54, 1.807) is 13.2 Å². The number of carbonyl (C=O) groups is 1. The first-order valence-electron chi connectivity index (χ1n) is 10.7. The third-order valence-corrected chi connectivity index (χ3v) is 5.66. The second-order valence-corrected chi connectivity index (χ2v) is 8.13. The van der Waals surface area contributed by atoms with Crippen molar-refractivity contribution in [2.45, 2.75) is 25.7 Å². The van der Waals surface area contributed by atoms with Gasteiger partial charge in [-0.2, -0.15) is 0 Å². The number of hydrogen-bond acceptors (Lipinski definition) is 5. The van der Waals surface area contributed by atoms with Gasteiger partial charge in [-0.25, -0.2) is 0 Å². The van der Waals surface area contributed by atoms with Gasteiger partial charge in [-0.15, -0.1) is 0 Å². The Morgan fingerprint density at radius 2 is 2.06 bits per heavy atom. The molecule has 0 aliphatic carbocycles. The molecule has 1 aromatic heterocycles. The van der Waals surface area contributed by atoms with Gasteiger partial charge in [0.2, 0.25) is 0 Å². The Kier molecular flexibility index (Phi) is 7.12. The lowest BCUT2D eigenvalue weighted by Gasteiger charge is -2.18. The number of methoxy groups -OCH3 is 1. The molecule has 0 saturated heterocycles. The topological polar surface area (TPSA) is 76.4 Å². The lowest BCUT2D eigenvalue weighted by atomic mass is 9.97. The van der Waals surface area contributed by atoms with Crippen molar-refractivity contribution in [1.29, 1.82) is 0 Å². The molecule has 4 rings (SSSR count). The van der Waals surface area contributed by atoms with Crippen LogP contribution < -0.4 is 15.4 Å². The van der Waals surface area contributed by atoms with Crippen LogP contribution in [0.1, 0.15) is 46.6 Å². The summed E-state index contributed by atoms with van der Waals surface area (Å²) in [6.07, 6.45) is 5.55. The molecule has 0 radical (unpaired) electrons. The lowest BCUT2D eigenvalue weighted by Crippen LogP contribution is -2.25. The Labute approximate surface area is 192 Å². The van der Waals surface area contributed by atoms with E-state index in [0.717, 1.165) is 42.0 Å². The van der Waals surface area contributed by atoms with Gasteiger partial charge in [-0.3, -0.25) is 4.79 Å². The number of benzene rings is 2. The van der Waals surface area contributed by atoms with Crippen LogP contribution >= 0.6 is 11.6 Å². The summed E-state index contributed by atoms with van der Waals surface area (Å²) in [6.45, 7) is 1.43. The van der Waals surface area contributed by atoms with Crippen LogP contribution in [-0.4, -0.2) is 31.3 Å². The average Bonchev–Trinajstić information content (AvgIpc) is 3.26. The second kappa shape index (κ2) is 10.4. The Balaban J connectivity index is 1.35. The SMILES string of the molecule is COc1ccc(Cc2cc(C(=O)NCC/C3=C/CCCNc4ccc(Cl)cc43)no2)cc1. The van der Waals surface area contributed by atoms with Gasteiger partial charge in [0, 0.05) is 41.9 Å². The number of halogens is 1. The highest BCUT2D eigenvalue weighted by Crippen LogP contribution is 2.31. The molecule has 2 heterocycles. The van der Waals surface area contributed by atoms with Gasteiger partial charge in [-0.05, 0) is 60.7 Å². The zero-order chi connectivity index (χ0) is 22.3. The fraction of sp³-hybridized carbons (Fsp3) is 0.280. The van der Waals surface area contributed by atoms with Crippen LogP contribution in [0.3, 0.4) is 0 Å². The number of anilines is 1. The summed E-state index contributed by atoms with van der Waals surface area (Å²) in [4.78, 5) is 12.6. The molecule has 1 aliphatic heterocycles. The minimum atomic E-state index is -0.245. The van der Waals surface area contributed by atoms with Crippen molar-refractivity contribution in [2.75, 3.05) is 25.5 Å². The maximum Gasteiger partial charge on any atom is 0.273 e. The molecule has 0 saturated carbocycles. The molecule has 0 bridgehead atoms. The monoisotopic (exact) mass is 451 g/mol. The number of amides is 1. The van der Waals surface area contributed by atoms with Crippen LogP contribution in [0.4, 0.5) is 5.69 Å². The number of carbonyl (C=O) groups excluding carboxylic acids is 1. The normalized spacial score (nSPS) is 14.9. The van der Waals surface area contributed by atoms with Crippen molar-refractivity contribution in [3.05, 3.63) is 82.2 Å². The Bertz CT molecular complexity index is 1110. The fourth-order valence-corrected chi connectivity index (χ4v) is 3.91. The summed E-state index contributed by atoms with van der Waals surface area (Å²) in [5.74, 6) is 1.19. The van der Waals surface area contributed by atoms with Crippen LogP contribution in [0.25, 0.3) is 5.57 Å². The predicted molar refractivity (Wildman–Crippen MR) is 126 cm³/mol. The standard InChI is InChI=1S/C25H26ClN3O3/c1-31-20-8-5-17(6-9-20)14-21-16-24(29-32-21)25(30)28-13-11-18-4-2-3-12-27-23-10-7-19(26)15-22(18)23/h4-10,15-16,27H,2-3,11-14H2,1H3,(H,28,30)/b18-4-. The quantitative estimate of drug-likeness (QED) is 0.507. The van der Waals surface area contributed by atoms with Gasteiger partial charge in [-0.1, -0.05) is 35.0 Å². The van der Waals surface area contributed by atoms with Crippen LogP contribution in [0, 0.1) is 0 Å². The number of fused-ring (bicyclic) bond motifs is 1. The molecule has 0 fully saturated rings. The molecule has 2 N–H and O–H groups in total. The lowest BCUT2D eigenvalue weighted by molar-refractivity contribution is 0.0945. The van der Waals surface area contributed by atoms with Crippen molar-refractivity contribution in [3.8, 4) is 5.75 Å². The van der Waals surface area contributed by atoms with E-state index in [9.17, 15) is 4.79 Å². The highest BCUT2D eigenvalue weighted by Gasteiger charge is 2.15. The maximum atomic E-state index is 12.6. The molecule has 32 heavy (non-hydrogen) atoms. The molecule has 7 heteroatoms. The van der Waals surface area contributed by atoms with E-state index in [0.29, 0.717) is 30.2 Å². The molecular weight excluding hydrogens is 426 g/mol. The molecular formula is C25H26ClN3O3. The van der Waals surface area contributed by atoms with E-state index in [1.165, 1.54) is 5.57 Å². The van der Waals surface area contributed by atoms with Gasteiger partial charge < -0.3 is 19.9 Å². The third-order valence-electron chi connectivity index (χ3n) is 5.42. The zero-order valence-electron chi connectivity index (χ0n) is 18.0. The van der Waals surface area contributed by atoms with Crippen molar-refractivity contribution in [2.24, 2.45) is 0 Å². The van der Waals surface area contributed by atoms with Gasteiger partial charge in [0.15, 0.2) is 5.69 Å². The smallest absolute Gasteiger partial charge is 0.273 e. The first kappa shape index (κ1) is 22.0. The van der Waals surface area contributed by atoms with Crippen molar-refractivity contribution >= 4 is 28.8 Å². The van der Waals surface area contributed by atoms with Crippen molar-refractivity contribution < 1.29 is 14.1 Å². The van der Waals surface area contributed by atoms with Gasteiger partial charge in [0.05, 0.1) is 7.11 Å². The van der Waals surface area contributed by atoms with Gasteiger partial charge in [0.25, 0.3) is 5.91 Å². The van der Waals surface area contributed by atoms with E-state index in [2.05, 4.69) is 21.9 Å². The summed E-state index contributed by atoms with van der Waals surface area (Å²) < 4.78 is 10.5. The third kappa shape index (κ3) is 5.51. The zero-order valence-corrected chi connectivity index (χ0v) is 18.7. The van der Waals surface area contributed by atoms with E-state index in [4.69, 9.17) is 20.9 Å². The van der Waals surface area contributed by atoms with E-state index >= 15 is 0 Å². The van der Waals surface area contributed by atoms with E-state index in [1.807, 2.05) is 42.5 Å².